The third-order valence-corrected chi connectivity index (χ3v) is 6.07. The summed E-state index contributed by atoms with van der Waals surface area (Å²) >= 11 is 13.9. The highest BCUT2D eigenvalue weighted by Gasteiger charge is 2.20. The highest BCUT2D eigenvalue weighted by atomic mass is 35.5. The first-order valence-electron chi connectivity index (χ1n) is 8.29. The summed E-state index contributed by atoms with van der Waals surface area (Å²) in [5.41, 5.74) is 2.98. The maximum absolute atomic E-state index is 12.8. The minimum Gasteiger partial charge on any atom is -0.294 e. The van der Waals surface area contributed by atoms with E-state index in [0.717, 1.165) is 21.6 Å². The molecule has 0 amide bonds. The van der Waals surface area contributed by atoms with Gasteiger partial charge in [0.05, 0.1) is 5.02 Å². The fraction of sp³-hybridized carbons (Fsp3) is 0.136. The zero-order chi connectivity index (χ0) is 18.5. The number of thioether (sulfide) groups is 1. The number of Topliss-reactive ketones (excluding diaryl/α,β-unsaturated/α-hetero) is 1. The van der Waals surface area contributed by atoms with Gasteiger partial charge in [0.15, 0.2) is 5.78 Å². The zero-order valence-electron chi connectivity index (χ0n) is 14.3. The lowest BCUT2D eigenvalue weighted by Crippen LogP contribution is -2.05. The van der Waals surface area contributed by atoms with Gasteiger partial charge in [0.1, 0.15) is 0 Å². The maximum Gasteiger partial charge on any atom is 0.164 e. The van der Waals surface area contributed by atoms with Crippen LogP contribution in [0.2, 0.25) is 10.0 Å². The number of benzene rings is 3. The van der Waals surface area contributed by atoms with Gasteiger partial charge in [-0.3, -0.25) is 4.79 Å². The van der Waals surface area contributed by atoms with Crippen LogP contribution in [-0.4, -0.2) is 5.78 Å². The van der Waals surface area contributed by atoms with Crippen LogP contribution in [0, 0.1) is 6.92 Å². The van der Waals surface area contributed by atoms with Crippen molar-refractivity contribution in [1.29, 1.82) is 0 Å². The zero-order valence-corrected chi connectivity index (χ0v) is 16.6. The topological polar surface area (TPSA) is 17.1 Å². The average Bonchev–Trinajstić information content (AvgIpc) is 2.64. The summed E-state index contributed by atoms with van der Waals surface area (Å²) in [7, 11) is 0. The second-order valence-electron chi connectivity index (χ2n) is 6.09. The van der Waals surface area contributed by atoms with E-state index in [2.05, 4.69) is 0 Å². The predicted octanol–water partition coefficient (Wildman–Crippen LogP) is 7.41. The second kappa shape index (κ2) is 8.77. The Balaban J connectivity index is 1.86. The molecular weight excluding hydrogens is 383 g/mol. The lowest BCUT2D eigenvalue weighted by atomic mass is 10.0. The van der Waals surface area contributed by atoms with E-state index in [1.807, 2.05) is 73.7 Å². The van der Waals surface area contributed by atoms with E-state index in [-0.39, 0.29) is 11.0 Å². The fourth-order valence-corrected chi connectivity index (χ4v) is 4.34. The highest BCUT2D eigenvalue weighted by Crippen LogP contribution is 2.42. The predicted molar refractivity (Wildman–Crippen MR) is 112 cm³/mol. The monoisotopic (exact) mass is 400 g/mol. The molecule has 0 saturated heterocycles. The Labute approximate surface area is 168 Å². The van der Waals surface area contributed by atoms with E-state index in [1.54, 1.807) is 17.8 Å². The molecule has 0 radical (unpaired) electrons. The standard InChI is InChI=1S/C22H18Cl2OS/c1-15-7-9-16(10-8-15)20(25)14-22(17-5-3-2-4-6-17)26-21-12-11-18(23)13-19(21)24/h2-13,22H,14H2,1H3/t22-/m0/s1. The lowest BCUT2D eigenvalue weighted by Gasteiger charge is -2.17. The van der Waals surface area contributed by atoms with Gasteiger partial charge in [-0.1, -0.05) is 83.4 Å². The van der Waals surface area contributed by atoms with Gasteiger partial charge < -0.3 is 0 Å². The summed E-state index contributed by atoms with van der Waals surface area (Å²) < 4.78 is 0. The van der Waals surface area contributed by atoms with Gasteiger partial charge in [0.2, 0.25) is 0 Å². The smallest absolute Gasteiger partial charge is 0.164 e. The molecule has 0 spiro atoms. The Hall–Kier alpha value is -1.74. The molecule has 0 aliphatic rings. The first-order chi connectivity index (χ1) is 12.5. The van der Waals surface area contributed by atoms with Gasteiger partial charge in [-0.05, 0) is 30.7 Å². The van der Waals surface area contributed by atoms with E-state index in [4.69, 9.17) is 23.2 Å². The molecule has 26 heavy (non-hydrogen) atoms. The van der Waals surface area contributed by atoms with Crippen molar-refractivity contribution >= 4 is 40.7 Å². The van der Waals surface area contributed by atoms with Crippen LogP contribution in [0.5, 0.6) is 0 Å². The van der Waals surface area contributed by atoms with Crippen molar-refractivity contribution in [2.24, 2.45) is 0 Å². The van der Waals surface area contributed by atoms with Gasteiger partial charge in [-0.2, -0.15) is 0 Å². The van der Waals surface area contributed by atoms with Crippen LogP contribution < -0.4 is 0 Å². The molecule has 0 aromatic heterocycles. The molecule has 0 saturated carbocycles. The van der Waals surface area contributed by atoms with Crippen molar-refractivity contribution in [1.82, 2.24) is 0 Å². The molecule has 0 unspecified atom stereocenters. The van der Waals surface area contributed by atoms with E-state index >= 15 is 0 Å². The van der Waals surface area contributed by atoms with Crippen LogP contribution in [0.25, 0.3) is 0 Å². The molecule has 0 aliphatic carbocycles. The summed E-state index contributed by atoms with van der Waals surface area (Å²) in [5.74, 6) is 0.122. The Kier molecular flexibility index (Phi) is 6.42. The largest absolute Gasteiger partial charge is 0.294 e. The minimum atomic E-state index is -0.0244. The minimum absolute atomic E-state index is 0.0244. The molecule has 0 fully saturated rings. The number of hydrogen-bond donors (Lipinski definition) is 0. The molecular formula is C22H18Cl2OS. The first-order valence-corrected chi connectivity index (χ1v) is 9.93. The Bertz CT molecular complexity index is 892. The number of carbonyl (C=O) groups excluding carboxylic acids is 1. The maximum atomic E-state index is 12.8. The van der Waals surface area contributed by atoms with Crippen LogP contribution in [-0.2, 0) is 0 Å². The van der Waals surface area contributed by atoms with E-state index in [9.17, 15) is 4.79 Å². The van der Waals surface area contributed by atoms with Crippen molar-refractivity contribution < 1.29 is 4.79 Å². The molecule has 0 heterocycles. The van der Waals surface area contributed by atoms with Crippen LogP contribution in [0.1, 0.15) is 33.2 Å². The average molecular weight is 401 g/mol. The number of carbonyl (C=O) groups is 1. The van der Waals surface area contributed by atoms with Gasteiger partial charge in [-0.15, -0.1) is 11.8 Å². The third-order valence-electron chi connectivity index (χ3n) is 4.08. The quantitative estimate of drug-likeness (QED) is 0.316. The van der Waals surface area contributed by atoms with Crippen molar-refractivity contribution in [3.05, 3.63) is 99.5 Å². The van der Waals surface area contributed by atoms with Gasteiger partial charge in [-0.25, -0.2) is 0 Å². The van der Waals surface area contributed by atoms with Gasteiger partial charge in [0.25, 0.3) is 0 Å². The molecule has 3 aromatic carbocycles. The molecule has 4 heteroatoms. The Morgan fingerprint density at radius 1 is 0.962 bits per heavy atom. The summed E-state index contributed by atoms with van der Waals surface area (Å²) in [6.07, 6.45) is 0.400. The van der Waals surface area contributed by atoms with Gasteiger partial charge in [0, 0.05) is 27.2 Å². The van der Waals surface area contributed by atoms with Crippen molar-refractivity contribution in [2.75, 3.05) is 0 Å². The summed E-state index contributed by atoms with van der Waals surface area (Å²) in [6, 6.07) is 23.2. The number of hydrogen-bond acceptors (Lipinski definition) is 2. The molecule has 3 aromatic rings. The SMILES string of the molecule is Cc1ccc(C(=O)C[C@H](Sc2ccc(Cl)cc2Cl)c2ccccc2)cc1. The molecule has 132 valence electrons. The number of rotatable bonds is 6. The molecule has 0 bridgehead atoms. The fourth-order valence-electron chi connectivity index (χ4n) is 2.64. The van der Waals surface area contributed by atoms with Crippen molar-refractivity contribution in [3.8, 4) is 0 Å². The van der Waals surface area contributed by atoms with Gasteiger partial charge >= 0.3 is 0 Å². The van der Waals surface area contributed by atoms with Crippen LogP contribution in [0.3, 0.4) is 0 Å². The summed E-state index contributed by atoms with van der Waals surface area (Å²) in [6.45, 7) is 2.01. The second-order valence-corrected chi connectivity index (χ2v) is 8.17. The van der Waals surface area contributed by atoms with Crippen LogP contribution in [0.4, 0.5) is 0 Å². The number of ketones is 1. The molecule has 0 N–H and O–H groups in total. The van der Waals surface area contributed by atoms with Crippen molar-refractivity contribution in [3.63, 3.8) is 0 Å². The lowest BCUT2D eigenvalue weighted by molar-refractivity contribution is 0.0982. The third kappa shape index (κ3) is 4.91. The van der Waals surface area contributed by atoms with E-state index in [1.165, 1.54) is 0 Å². The summed E-state index contributed by atoms with van der Waals surface area (Å²) in [4.78, 5) is 13.7. The normalized spacial score (nSPS) is 12.0. The molecule has 1 nitrogen and oxygen atoms in total. The molecule has 3 rings (SSSR count). The Morgan fingerprint density at radius 3 is 2.31 bits per heavy atom. The molecule has 1 atom stereocenters. The number of aryl methyl sites for hydroxylation is 1. The van der Waals surface area contributed by atoms with Crippen LogP contribution >= 0.6 is 35.0 Å². The first kappa shape index (κ1) is 19.0. The van der Waals surface area contributed by atoms with Crippen molar-refractivity contribution in [2.45, 2.75) is 23.5 Å². The van der Waals surface area contributed by atoms with E-state index < -0.39 is 0 Å². The van der Waals surface area contributed by atoms with E-state index in [0.29, 0.717) is 16.5 Å². The number of halogens is 2. The molecule has 0 aliphatic heterocycles. The summed E-state index contributed by atoms with van der Waals surface area (Å²) in [5, 5.41) is 1.18. The highest BCUT2D eigenvalue weighted by molar-refractivity contribution is 7.99. The Morgan fingerprint density at radius 2 is 1.65 bits per heavy atom. The van der Waals surface area contributed by atoms with Crippen LogP contribution in [0.15, 0.2) is 77.7 Å².